The molecule has 1 aromatic carbocycles. The molecule has 80 valence electrons. The molecule has 2 N–H and O–H groups in total. The molecule has 14 heavy (non-hydrogen) atoms. The van der Waals surface area contributed by atoms with Crippen molar-refractivity contribution in [1.82, 2.24) is 0 Å². The van der Waals surface area contributed by atoms with Crippen molar-refractivity contribution >= 4 is 15.9 Å². The maximum atomic E-state index is 5.89. The number of hydrogen-bond acceptors (Lipinski definition) is 1. The van der Waals surface area contributed by atoms with Crippen molar-refractivity contribution in [3.8, 4) is 0 Å². The van der Waals surface area contributed by atoms with E-state index >= 15 is 0 Å². The zero-order chi connectivity index (χ0) is 11.2. The Balaban J connectivity index is 0.000000791. The Bertz CT molecular complexity index is 246. The Labute approximate surface area is 95.8 Å². The van der Waals surface area contributed by atoms with E-state index in [1.165, 1.54) is 5.56 Å². The summed E-state index contributed by atoms with van der Waals surface area (Å²) in [5, 5.41) is 0. The van der Waals surface area contributed by atoms with Crippen LogP contribution in [0.4, 0.5) is 0 Å². The number of nitrogens with two attached hydrogens (primary N) is 1. The summed E-state index contributed by atoms with van der Waals surface area (Å²) in [6.45, 7) is 8.07. The highest BCUT2D eigenvalue weighted by Gasteiger charge is 2.10. The van der Waals surface area contributed by atoms with E-state index in [0.29, 0.717) is 0 Å². The maximum absolute atomic E-state index is 5.89. The van der Waals surface area contributed by atoms with Gasteiger partial charge in [-0.05, 0) is 38.0 Å². The third-order valence-electron chi connectivity index (χ3n) is 1.57. The van der Waals surface area contributed by atoms with E-state index in [1.807, 2.05) is 39.8 Å². The molecule has 1 aromatic rings. The first-order chi connectivity index (χ1) is 6.47. The van der Waals surface area contributed by atoms with Gasteiger partial charge in [-0.1, -0.05) is 41.9 Å². The van der Waals surface area contributed by atoms with Crippen LogP contribution in [0.1, 0.15) is 33.3 Å². The molecular weight excluding hydrogens is 238 g/mol. The average Bonchev–Trinajstić information content (AvgIpc) is 2.10. The molecule has 0 spiro atoms. The van der Waals surface area contributed by atoms with Crippen molar-refractivity contribution in [3.63, 3.8) is 0 Å². The van der Waals surface area contributed by atoms with Gasteiger partial charge in [0.2, 0.25) is 0 Å². The van der Waals surface area contributed by atoms with Crippen LogP contribution in [0, 0.1) is 0 Å². The summed E-state index contributed by atoms with van der Waals surface area (Å²) in [5.74, 6) is 0. The lowest BCUT2D eigenvalue weighted by atomic mass is 9.96. The van der Waals surface area contributed by atoms with Crippen LogP contribution in [0.3, 0.4) is 0 Å². The van der Waals surface area contributed by atoms with Gasteiger partial charge in [-0.3, -0.25) is 0 Å². The highest BCUT2D eigenvalue weighted by molar-refractivity contribution is 9.10. The lowest BCUT2D eigenvalue weighted by Crippen LogP contribution is -2.34. The highest BCUT2D eigenvalue weighted by atomic mass is 79.9. The van der Waals surface area contributed by atoms with Crippen LogP contribution in [0.2, 0.25) is 0 Å². The van der Waals surface area contributed by atoms with Crippen LogP contribution in [-0.2, 0) is 6.42 Å². The Kier molecular flexibility index (Phi) is 6.05. The molecule has 0 bridgehead atoms. The quantitative estimate of drug-likeness (QED) is 0.858. The van der Waals surface area contributed by atoms with Gasteiger partial charge in [0.05, 0.1) is 0 Å². The van der Waals surface area contributed by atoms with Crippen LogP contribution in [0.15, 0.2) is 28.7 Å². The van der Waals surface area contributed by atoms with E-state index in [4.69, 9.17) is 5.73 Å². The van der Waals surface area contributed by atoms with Crippen LogP contribution in [-0.4, -0.2) is 5.54 Å². The van der Waals surface area contributed by atoms with Gasteiger partial charge in [-0.25, -0.2) is 0 Å². The summed E-state index contributed by atoms with van der Waals surface area (Å²) < 4.78 is 1.11. The number of halogens is 1. The van der Waals surface area contributed by atoms with Crippen molar-refractivity contribution in [2.24, 2.45) is 5.73 Å². The van der Waals surface area contributed by atoms with Gasteiger partial charge in [0.15, 0.2) is 0 Å². The molecular formula is C12H20BrN. The summed E-state index contributed by atoms with van der Waals surface area (Å²) in [6.07, 6.45) is 0.917. The van der Waals surface area contributed by atoms with Crippen LogP contribution in [0.5, 0.6) is 0 Å². The Hall–Kier alpha value is -0.340. The molecule has 0 saturated carbocycles. The first-order valence-corrected chi connectivity index (χ1v) is 5.80. The van der Waals surface area contributed by atoms with Gasteiger partial charge >= 0.3 is 0 Å². The standard InChI is InChI=1S/C10H14BrN.C2H6/c1-10(2,12)7-8-3-5-9(11)6-4-8;1-2/h3-6H,7,12H2,1-2H3;1-2H3. The van der Waals surface area contributed by atoms with Gasteiger partial charge in [-0.2, -0.15) is 0 Å². The first kappa shape index (κ1) is 13.7. The van der Waals surface area contributed by atoms with Crippen LogP contribution >= 0.6 is 15.9 Å². The number of rotatable bonds is 2. The van der Waals surface area contributed by atoms with Gasteiger partial charge in [0, 0.05) is 10.0 Å². The summed E-state index contributed by atoms with van der Waals surface area (Å²) in [6, 6.07) is 8.28. The van der Waals surface area contributed by atoms with E-state index < -0.39 is 0 Å². The number of hydrogen-bond donors (Lipinski definition) is 1. The van der Waals surface area contributed by atoms with Gasteiger partial charge in [0.25, 0.3) is 0 Å². The summed E-state index contributed by atoms with van der Waals surface area (Å²) in [4.78, 5) is 0. The first-order valence-electron chi connectivity index (χ1n) is 5.01. The predicted octanol–water partition coefficient (Wildman–Crippen LogP) is 3.76. The average molecular weight is 258 g/mol. The molecule has 0 radical (unpaired) electrons. The molecule has 1 rings (SSSR count). The molecule has 0 fully saturated rings. The van der Waals surface area contributed by atoms with E-state index in [2.05, 4.69) is 28.1 Å². The Morgan fingerprint density at radius 1 is 1.14 bits per heavy atom. The lowest BCUT2D eigenvalue weighted by molar-refractivity contribution is 0.517. The molecule has 0 unspecified atom stereocenters. The second-order valence-corrected chi connectivity index (χ2v) is 4.71. The van der Waals surface area contributed by atoms with Crippen molar-refractivity contribution < 1.29 is 0 Å². The van der Waals surface area contributed by atoms with Crippen LogP contribution in [0.25, 0.3) is 0 Å². The minimum atomic E-state index is -0.117. The van der Waals surface area contributed by atoms with Crippen molar-refractivity contribution in [1.29, 1.82) is 0 Å². The zero-order valence-electron chi connectivity index (χ0n) is 9.47. The molecule has 0 atom stereocenters. The monoisotopic (exact) mass is 257 g/mol. The summed E-state index contributed by atoms with van der Waals surface area (Å²) in [5.41, 5.74) is 7.06. The molecule has 0 heterocycles. The molecule has 0 amide bonds. The second-order valence-electron chi connectivity index (χ2n) is 3.79. The minimum absolute atomic E-state index is 0.117. The van der Waals surface area contributed by atoms with Crippen molar-refractivity contribution in [2.45, 2.75) is 39.7 Å². The summed E-state index contributed by atoms with van der Waals surface area (Å²) in [7, 11) is 0. The topological polar surface area (TPSA) is 26.0 Å². The maximum Gasteiger partial charge on any atom is 0.0175 e. The third kappa shape index (κ3) is 6.17. The molecule has 0 aliphatic rings. The molecule has 0 aliphatic carbocycles. The zero-order valence-corrected chi connectivity index (χ0v) is 11.1. The molecule has 0 aliphatic heterocycles. The van der Waals surface area contributed by atoms with Crippen molar-refractivity contribution in [3.05, 3.63) is 34.3 Å². The van der Waals surface area contributed by atoms with E-state index in [1.54, 1.807) is 0 Å². The van der Waals surface area contributed by atoms with E-state index in [-0.39, 0.29) is 5.54 Å². The van der Waals surface area contributed by atoms with Gasteiger partial charge in [0.1, 0.15) is 0 Å². The van der Waals surface area contributed by atoms with Crippen molar-refractivity contribution in [2.75, 3.05) is 0 Å². The Morgan fingerprint density at radius 2 is 1.57 bits per heavy atom. The molecule has 0 saturated heterocycles. The lowest BCUT2D eigenvalue weighted by Gasteiger charge is -2.18. The summed E-state index contributed by atoms with van der Waals surface area (Å²) >= 11 is 3.39. The smallest absolute Gasteiger partial charge is 0.0175 e. The largest absolute Gasteiger partial charge is 0.325 e. The SMILES string of the molecule is CC.CC(C)(N)Cc1ccc(Br)cc1. The normalized spacial score (nSPS) is 10.4. The Morgan fingerprint density at radius 3 is 1.93 bits per heavy atom. The van der Waals surface area contributed by atoms with E-state index in [9.17, 15) is 0 Å². The highest BCUT2D eigenvalue weighted by Crippen LogP contribution is 2.14. The third-order valence-corrected chi connectivity index (χ3v) is 2.10. The minimum Gasteiger partial charge on any atom is -0.325 e. The van der Waals surface area contributed by atoms with E-state index in [0.717, 1.165) is 10.9 Å². The van der Waals surface area contributed by atoms with Crippen LogP contribution < -0.4 is 5.73 Å². The fraction of sp³-hybridized carbons (Fsp3) is 0.500. The second kappa shape index (κ2) is 6.20. The molecule has 2 heteroatoms. The fourth-order valence-electron chi connectivity index (χ4n) is 1.13. The molecule has 1 nitrogen and oxygen atoms in total. The number of benzene rings is 1. The van der Waals surface area contributed by atoms with Gasteiger partial charge in [-0.15, -0.1) is 0 Å². The molecule has 0 aromatic heterocycles. The predicted molar refractivity (Wildman–Crippen MR) is 67.5 cm³/mol. The fourth-order valence-corrected chi connectivity index (χ4v) is 1.39. The van der Waals surface area contributed by atoms with Gasteiger partial charge < -0.3 is 5.73 Å².